The lowest BCUT2D eigenvalue weighted by Gasteiger charge is -2.36. The van der Waals surface area contributed by atoms with Crippen LogP contribution in [0.1, 0.15) is 143 Å². The zero-order valence-corrected chi connectivity index (χ0v) is 21.5. The Balaban J connectivity index is 5.45. The number of carbonyl (C=O) groups is 2. The van der Waals surface area contributed by atoms with Crippen molar-refractivity contribution in [2.75, 3.05) is 13.1 Å². The zero-order chi connectivity index (χ0) is 23.4. The SMILES string of the molecule is CCCCCCN(CCCCCC)C(=O)C(CCCCCC)(CCCCCC)C(N)=O. The van der Waals surface area contributed by atoms with E-state index in [0.717, 1.165) is 90.1 Å². The van der Waals surface area contributed by atoms with E-state index in [9.17, 15) is 9.59 Å². The average molecular weight is 439 g/mol. The Kier molecular flexibility index (Phi) is 18.9. The molecule has 0 bridgehead atoms. The van der Waals surface area contributed by atoms with Crippen molar-refractivity contribution in [1.82, 2.24) is 4.90 Å². The summed E-state index contributed by atoms with van der Waals surface area (Å²) >= 11 is 0. The molecular weight excluding hydrogens is 384 g/mol. The van der Waals surface area contributed by atoms with Crippen LogP contribution in [0, 0.1) is 5.41 Å². The van der Waals surface area contributed by atoms with Gasteiger partial charge in [-0.1, -0.05) is 118 Å². The third-order valence-corrected chi connectivity index (χ3v) is 6.65. The molecule has 184 valence electrons. The number of hydrogen-bond donors (Lipinski definition) is 1. The second-order valence-electron chi connectivity index (χ2n) is 9.48. The first-order valence-electron chi connectivity index (χ1n) is 13.6. The van der Waals surface area contributed by atoms with Gasteiger partial charge in [-0.05, 0) is 25.7 Å². The van der Waals surface area contributed by atoms with Crippen LogP contribution < -0.4 is 5.73 Å². The van der Waals surface area contributed by atoms with Gasteiger partial charge in [0.2, 0.25) is 11.8 Å². The molecule has 0 aliphatic carbocycles. The number of nitrogens with zero attached hydrogens (tertiary/aromatic N) is 1. The van der Waals surface area contributed by atoms with E-state index in [2.05, 4.69) is 27.7 Å². The van der Waals surface area contributed by atoms with Gasteiger partial charge in [0, 0.05) is 13.1 Å². The molecular formula is C27H54N2O2. The maximum Gasteiger partial charge on any atom is 0.238 e. The summed E-state index contributed by atoms with van der Waals surface area (Å²) in [5.74, 6) is -0.362. The Morgan fingerprint density at radius 3 is 1.26 bits per heavy atom. The summed E-state index contributed by atoms with van der Waals surface area (Å²) in [6.45, 7) is 10.3. The molecule has 0 radical (unpaired) electrons. The lowest BCUT2D eigenvalue weighted by Crippen LogP contribution is -2.52. The average Bonchev–Trinajstić information content (AvgIpc) is 2.76. The molecule has 0 saturated heterocycles. The van der Waals surface area contributed by atoms with E-state index in [1.54, 1.807) is 0 Å². The molecule has 31 heavy (non-hydrogen) atoms. The molecule has 0 rings (SSSR count). The minimum Gasteiger partial charge on any atom is -0.369 e. The third-order valence-electron chi connectivity index (χ3n) is 6.65. The van der Waals surface area contributed by atoms with Crippen molar-refractivity contribution in [2.24, 2.45) is 11.1 Å². The molecule has 0 spiro atoms. The van der Waals surface area contributed by atoms with Gasteiger partial charge in [-0.2, -0.15) is 0 Å². The van der Waals surface area contributed by atoms with Crippen LogP contribution in [-0.4, -0.2) is 29.8 Å². The Labute approximate surface area is 194 Å². The summed E-state index contributed by atoms with van der Waals surface area (Å²) in [6.07, 6.45) is 18.9. The van der Waals surface area contributed by atoms with Gasteiger partial charge < -0.3 is 10.6 Å². The molecule has 0 aliphatic rings. The first-order valence-corrected chi connectivity index (χ1v) is 13.6. The van der Waals surface area contributed by atoms with Crippen LogP contribution in [0.4, 0.5) is 0 Å². The number of primary amides is 1. The van der Waals surface area contributed by atoms with Gasteiger partial charge in [-0.15, -0.1) is 0 Å². The van der Waals surface area contributed by atoms with E-state index in [1.165, 1.54) is 25.7 Å². The molecule has 0 aromatic carbocycles. The second-order valence-corrected chi connectivity index (χ2v) is 9.48. The van der Waals surface area contributed by atoms with Crippen molar-refractivity contribution in [2.45, 2.75) is 143 Å². The van der Waals surface area contributed by atoms with Crippen LogP contribution >= 0.6 is 0 Å². The third kappa shape index (κ3) is 12.5. The molecule has 0 aliphatic heterocycles. The van der Waals surface area contributed by atoms with E-state index in [-0.39, 0.29) is 5.91 Å². The van der Waals surface area contributed by atoms with Gasteiger partial charge in [-0.25, -0.2) is 0 Å². The summed E-state index contributed by atoms with van der Waals surface area (Å²) in [6, 6.07) is 0. The molecule has 0 aromatic rings. The molecule has 4 nitrogen and oxygen atoms in total. The predicted octanol–water partition coefficient (Wildman–Crippen LogP) is 7.39. The first-order chi connectivity index (χ1) is 15.0. The number of amides is 2. The van der Waals surface area contributed by atoms with Crippen molar-refractivity contribution < 1.29 is 9.59 Å². The van der Waals surface area contributed by atoms with Gasteiger partial charge in [0.25, 0.3) is 0 Å². The Morgan fingerprint density at radius 1 is 0.581 bits per heavy atom. The smallest absolute Gasteiger partial charge is 0.238 e. The molecule has 0 atom stereocenters. The van der Waals surface area contributed by atoms with Crippen molar-refractivity contribution in [3.05, 3.63) is 0 Å². The van der Waals surface area contributed by atoms with E-state index >= 15 is 0 Å². The normalized spacial score (nSPS) is 11.6. The number of unbranched alkanes of at least 4 members (excludes halogenated alkanes) is 12. The van der Waals surface area contributed by atoms with Gasteiger partial charge in [0.05, 0.1) is 0 Å². The molecule has 4 heteroatoms. The summed E-state index contributed by atoms with van der Waals surface area (Å²) in [5.41, 5.74) is 5.00. The fraction of sp³-hybridized carbons (Fsp3) is 0.926. The van der Waals surface area contributed by atoms with Crippen molar-refractivity contribution in [1.29, 1.82) is 0 Å². The van der Waals surface area contributed by atoms with Gasteiger partial charge in [-0.3, -0.25) is 9.59 Å². The van der Waals surface area contributed by atoms with Crippen molar-refractivity contribution in [3.8, 4) is 0 Å². The number of rotatable bonds is 22. The quantitative estimate of drug-likeness (QED) is 0.141. The Bertz CT molecular complexity index is 427. The summed E-state index contributed by atoms with van der Waals surface area (Å²) in [5, 5.41) is 0. The molecule has 0 aromatic heterocycles. The lowest BCUT2D eigenvalue weighted by molar-refractivity contribution is -0.151. The lowest BCUT2D eigenvalue weighted by atomic mass is 9.75. The van der Waals surface area contributed by atoms with Gasteiger partial charge in [0.1, 0.15) is 5.41 Å². The summed E-state index contributed by atoms with van der Waals surface area (Å²) in [7, 11) is 0. The van der Waals surface area contributed by atoms with Crippen LogP contribution in [0.15, 0.2) is 0 Å². The fourth-order valence-electron chi connectivity index (χ4n) is 4.47. The van der Waals surface area contributed by atoms with E-state index in [4.69, 9.17) is 5.73 Å². The highest BCUT2D eigenvalue weighted by Gasteiger charge is 2.45. The second kappa shape index (κ2) is 19.6. The highest BCUT2D eigenvalue weighted by atomic mass is 16.2. The van der Waals surface area contributed by atoms with Gasteiger partial charge >= 0.3 is 0 Å². The highest BCUT2D eigenvalue weighted by molar-refractivity contribution is 6.04. The van der Waals surface area contributed by atoms with E-state index in [0.29, 0.717) is 12.8 Å². The molecule has 0 unspecified atom stereocenters. The largest absolute Gasteiger partial charge is 0.369 e. The van der Waals surface area contributed by atoms with E-state index < -0.39 is 11.3 Å². The molecule has 0 heterocycles. The number of carbonyl (C=O) groups excluding carboxylic acids is 2. The van der Waals surface area contributed by atoms with Crippen LogP contribution in [0.25, 0.3) is 0 Å². The fourth-order valence-corrected chi connectivity index (χ4v) is 4.47. The molecule has 2 N–H and O–H groups in total. The number of nitrogens with two attached hydrogens (primary N) is 1. The van der Waals surface area contributed by atoms with Crippen molar-refractivity contribution >= 4 is 11.8 Å². The summed E-state index contributed by atoms with van der Waals surface area (Å²) in [4.78, 5) is 28.7. The minimum atomic E-state index is -1.00. The summed E-state index contributed by atoms with van der Waals surface area (Å²) < 4.78 is 0. The Hall–Kier alpha value is -1.06. The van der Waals surface area contributed by atoms with Crippen LogP contribution in [0.2, 0.25) is 0 Å². The molecule has 2 amide bonds. The van der Waals surface area contributed by atoms with E-state index in [1.807, 2.05) is 4.90 Å². The zero-order valence-electron chi connectivity index (χ0n) is 21.5. The molecule has 0 saturated carbocycles. The van der Waals surface area contributed by atoms with Gasteiger partial charge in [0.15, 0.2) is 0 Å². The highest BCUT2D eigenvalue weighted by Crippen LogP contribution is 2.34. The number of hydrogen-bond acceptors (Lipinski definition) is 2. The predicted molar refractivity (Wildman–Crippen MR) is 134 cm³/mol. The monoisotopic (exact) mass is 438 g/mol. The Morgan fingerprint density at radius 2 is 0.935 bits per heavy atom. The first kappa shape index (κ1) is 29.9. The minimum absolute atomic E-state index is 0.0287. The maximum atomic E-state index is 13.9. The standard InChI is InChI=1S/C27H54N2O2/c1-5-9-13-17-21-27(25(28)30,22-18-14-10-6-2)26(31)29(23-19-15-11-7-3)24-20-16-12-8-4/h5-24H2,1-4H3,(H2,28,30). The van der Waals surface area contributed by atoms with Crippen LogP contribution in [0.5, 0.6) is 0 Å². The van der Waals surface area contributed by atoms with Crippen molar-refractivity contribution in [3.63, 3.8) is 0 Å². The van der Waals surface area contributed by atoms with Crippen LogP contribution in [0.3, 0.4) is 0 Å². The maximum absolute atomic E-state index is 13.9. The topological polar surface area (TPSA) is 63.4 Å². The molecule has 0 fully saturated rings. The van der Waals surface area contributed by atoms with Crippen LogP contribution in [-0.2, 0) is 9.59 Å².